The van der Waals surface area contributed by atoms with Crippen molar-refractivity contribution in [2.45, 2.75) is 70.5 Å². The molecule has 2 atom stereocenters. The molecule has 0 saturated carbocycles. The van der Waals surface area contributed by atoms with Gasteiger partial charge < -0.3 is 14.1 Å². The van der Waals surface area contributed by atoms with Crippen LogP contribution in [0.25, 0.3) is 0 Å². The second-order valence-electron chi connectivity index (χ2n) is 11.5. The first kappa shape index (κ1) is 28.4. The molecule has 2 aliphatic rings. The SMILES string of the molecule is CC1(C)Oc2ccc(Cl)cc2[C@@H](N2CCN(CCO[Si](C)(C)C(C)(C)C)CC2=O)[C@@H]1OS(C)(=O)=O. The lowest BCUT2D eigenvalue weighted by Gasteiger charge is -2.49. The molecule has 11 heteroatoms. The van der Waals surface area contributed by atoms with E-state index in [9.17, 15) is 13.2 Å². The normalized spacial score (nSPS) is 23.7. The predicted molar refractivity (Wildman–Crippen MR) is 140 cm³/mol. The Kier molecular flexibility index (Phi) is 8.07. The van der Waals surface area contributed by atoms with Crippen molar-refractivity contribution < 1.29 is 26.6 Å². The van der Waals surface area contributed by atoms with Crippen LogP contribution in [-0.2, 0) is 23.5 Å². The maximum atomic E-state index is 13.4. The summed E-state index contributed by atoms with van der Waals surface area (Å²) in [6.45, 7) is 17.1. The molecule has 0 unspecified atom stereocenters. The van der Waals surface area contributed by atoms with E-state index in [0.717, 1.165) is 6.26 Å². The van der Waals surface area contributed by atoms with Crippen LogP contribution in [0.2, 0.25) is 23.2 Å². The molecule has 8 nitrogen and oxygen atoms in total. The van der Waals surface area contributed by atoms with Gasteiger partial charge in [-0.3, -0.25) is 13.9 Å². The summed E-state index contributed by atoms with van der Waals surface area (Å²) >= 11 is 6.28. The molecule has 1 aromatic rings. The summed E-state index contributed by atoms with van der Waals surface area (Å²) < 4.78 is 42.3. The zero-order valence-electron chi connectivity index (χ0n) is 22.1. The molecular weight excluding hydrogens is 508 g/mol. The summed E-state index contributed by atoms with van der Waals surface area (Å²) in [5.41, 5.74) is -0.350. The Morgan fingerprint density at radius 1 is 1.23 bits per heavy atom. The van der Waals surface area contributed by atoms with Gasteiger partial charge in [-0.25, -0.2) is 0 Å². The first-order valence-electron chi connectivity index (χ1n) is 11.9. The maximum absolute atomic E-state index is 13.4. The van der Waals surface area contributed by atoms with Gasteiger partial charge in [-0.2, -0.15) is 8.42 Å². The highest BCUT2D eigenvalue weighted by Gasteiger charge is 2.50. The van der Waals surface area contributed by atoms with Gasteiger partial charge in [0.05, 0.1) is 18.8 Å². The van der Waals surface area contributed by atoms with Gasteiger partial charge in [0.15, 0.2) is 8.32 Å². The van der Waals surface area contributed by atoms with Crippen molar-refractivity contribution in [3.8, 4) is 5.75 Å². The Hall–Kier alpha value is -1.17. The standard InChI is InChI=1S/C24H39ClN2O6SSi/c1-23(2,3)35(7,8)31-14-13-26-11-12-27(20(28)16-26)21-18-15-17(25)9-10-19(18)32-24(4,5)22(21)33-34(6,29)30/h9-10,15,21-22H,11-14,16H2,1-8H3/t21-,22+/m1/s1. The number of halogens is 1. The van der Waals surface area contributed by atoms with Crippen molar-refractivity contribution in [2.75, 3.05) is 39.0 Å². The third-order valence-corrected chi connectivity index (χ3v) is 12.6. The van der Waals surface area contributed by atoms with Crippen LogP contribution in [0, 0.1) is 0 Å². The number of rotatable bonds is 7. The van der Waals surface area contributed by atoms with Crippen LogP contribution in [0.3, 0.4) is 0 Å². The molecule has 0 radical (unpaired) electrons. The Bertz CT molecular complexity index is 1060. The van der Waals surface area contributed by atoms with Crippen molar-refractivity contribution >= 4 is 35.9 Å². The Morgan fingerprint density at radius 2 is 1.89 bits per heavy atom. The minimum Gasteiger partial charge on any atom is -0.485 e. The van der Waals surface area contributed by atoms with Crippen molar-refractivity contribution in [1.29, 1.82) is 0 Å². The number of carbonyl (C=O) groups is 1. The van der Waals surface area contributed by atoms with Gasteiger partial charge in [0.25, 0.3) is 10.1 Å². The molecule has 35 heavy (non-hydrogen) atoms. The molecule has 2 heterocycles. The van der Waals surface area contributed by atoms with E-state index in [1.807, 2.05) is 0 Å². The van der Waals surface area contributed by atoms with Gasteiger partial charge in [-0.05, 0) is 50.2 Å². The highest BCUT2D eigenvalue weighted by molar-refractivity contribution is 7.86. The fourth-order valence-corrected chi connectivity index (χ4v) is 6.21. The number of hydrogen-bond acceptors (Lipinski definition) is 7. The molecule has 1 fully saturated rings. The fourth-order valence-electron chi connectivity index (χ4n) is 4.28. The molecule has 0 aromatic heterocycles. The van der Waals surface area contributed by atoms with E-state index < -0.39 is 36.2 Å². The average molecular weight is 547 g/mol. The van der Waals surface area contributed by atoms with E-state index in [1.54, 1.807) is 36.9 Å². The van der Waals surface area contributed by atoms with E-state index in [-0.39, 0.29) is 17.5 Å². The van der Waals surface area contributed by atoms with Crippen molar-refractivity contribution in [1.82, 2.24) is 9.80 Å². The van der Waals surface area contributed by atoms with E-state index in [0.29, 0.717) is 42.6 Å². The van der Waals surface area contributed by atoms with Crippen LogP contribution >= 0.6 is 11.6 Å². The van der Waals surface area contributed by atoms with Gasteiger partial charge in [0.1, 0.15) is 17.5 Å². The van der Waals surface area contributed by atoms with Gasteiger partial charge in [0.2, 0.25) is 5.91 Å². The summed E-state index contributed by atoms with van der Waals surface area (Å²) in [4.78, 5) is 17.2. The number of fused-ring (bicyclic) bond motifs is 1. The number of hydrogen-bond donors (Lipinski definition) is 0. The molecule has 0 bridgehead atoms. The first-order valence-corrected chi connectivity index (χ1v) is 17.0. The Labute approximate surface area is 216 Å². The van der Waals surface area contributed by atoms with Crippen molar-refractivity contribution in [3.05, 3.63) is 28.8 Å². The van der Waals surface area contributed by atoms with Crippen LogP contribution in [-0.4, -0.2) is 83.2 Å². The summed E-state index contributed by atoms with van der Waals surface area (Å²) in [6.07, 6.45) is 0.0800. The zero-order valence-corrected chi connectivity index (χ0v) is 24.6. The number of amides is 1. The van der Waals surface area contributed by atoms with Crippen LogP contribution in [0.4, 0.5) is 0 Å². The lowest BCUT2D eigenvalue weighted by atomic mass is 9.85. The topological polar surface area (TPSA) is 85.4 Å². The molecule has 1 aromatic carbocycles. The van der Waals surface area contributed by atoms with Gasteiger partial charge in [-0.1, -0.05) is 32.4 Å². The molecule has 0 N–H and O–H groups in total. The molecule has 0 spiro atoms. The van der Waals surface area contributed by atoms with E-state index in [2.05, 4.69) is 38.8 Å². The predicted octanol–water partition coefficient (Wildman–Crippen LogP) is 4.06. The van der Waals surface area contributed by atoms with Crippen LogP contribution in [0.1, 0.15) is 46.2 Å². The first-order chi connectivity index (χ1) is 15.9. The minimum absolute atomic E-state index is 0.0979. The second-order valence-corrected chi connectivity index (χ2v) is 18.4. The lowest BCUT2D eigenvalue weighted by molar-refractivity contribution is -0.148. The number of nitrogens with zero attached hydrogens (tertiary/aromatic N) is 2. The van der Waals surface area contributed by atoms with Gasteiger partial charge in [-0.15, -0.1) is 0 Å². The maximum Gasteiger partial charge on any atom is 0.264 e. The van der Waals surface area contributed by atoms with Crippen LogP contribution in [0.5, 0.6) is 5.75 Å². The fraction of sp³-hybridized carbons (Fsp3) is 0.708. The second kappa shape index (κ2) is 9.94. The zero-order chi connectivity index (χ0) is 26.4. The summed E-state index contributed by atoms with van der Waals surface area (Å²) in [5.74, 6) is 0.468. The molecule has 198 valence electrons. The smallest absolute Gasteiger partial charge is 0.264 e. The largest absolute Gasteiger partial charge is 0.485 e. The van der Waals surface area contributed by atoms with Gasteiger partial charge in [0, 0.05) is 36.8 Å². The third-order valence-electron chi connectivity index (χ3n) is 7.26. The lowest BCUT2D eigenvalue weighted by Crippen LogP contribution is -2.60. The highest BCUT2D eigenvalue weighted by Crippen LogP contribution is 2.46. The number of benzene rings is 1. The highest BCUT2D eigenvalue weighted by atomic mass is 35.5. The third kappa shape index (κ3) is 6.59. The Balaban J connectivity index is 1.81. The minimum atomic E-state index is -3.82. The van der Waals surface area contributed by atoms with E-state index in [4.69, 9.17) is 24.9 Å². The van der Waals surface area contributed by atoms with Crippen molar-refractivity contribution in [3.63, 3.8) is 0 Å². The molecule has 1 amide bonds. The van der Waals surface area contributed by atoms with Gasteiger partial charge >= 0.3 is 0 Å². The van der Waals surface area contributed by atoms with E-state index >= 15 is 0 Å². The average Bonchev–Trinajstić information content (AvgIpc) is 2.68. The summed E-state index contributed by atoms with van der Waals surface area (Å²) in [5, 5.41) is 0.602. The monoisotopic (exact) mass is 546 g/mol. The quantitative estimate of drug-likeness (QED) is 0.376. The number of carbonyl (C=O) groups excluding carboxylic acids is 1. The van der Waals surface area contributed by atoms with Crippen molar-refractivity contribution in [2.24, 2.45) is 0 Å². The van der Waals surface area contributed by atoms with Crippen LogP contribution < -0.4 is 4.74 Å². The summed E-state index contributed by atoms with van der Waals surface area (Å²) in [7, 11) is -5.68. The number of ether oxygens (including phenoxy) is 1. The van der Waals surface area contributed by atoms with E-state index in [1.165, 1.54) is 0 Å². The molecular formula is C24H39ClN2O6SSi. The molecule has 0 aliphatic carbocycles. The molecule has 1 saturated heterocycles. The summed E-state index contributed by atoms with van der Waals surface area (Å²) in [6, 6.07) is 4.54. The number of piperazine rings is 1. The van der Waals surface area contributed by atoms with Crippen LogP contribution in [0.15, 0.2) is 18.2 Å². The Morgan fingerprint density at radius 3 is 2.46 bits per heavy atom. The molecule has 2 aliphatic heterocycles. The molecule has 3 rings (SSSR count).